The molecule has 0 unspecified atom stereocenters. The quantitative estimate of drug-likeness (QED) is 0.881. The highest BCUT2D eigenvalue weighted by Crippen LogP contribution is 2.19. The number of aliphatic hydroxyl groups is 1. The van der Waals surface area contributed by atoms with Crippen LogP contribution in [0.25, 0.3) is 0 Å². The Bertz CT molecular complexity index is 485. The fraction of sp³-hybridized carbons (Fsp3) is 0.250. The standard InChI is InChI=1S/C12H13FN2O2/c1-15(7-11-3-2-4-17-11)12-9(8-16)5-10(13)6-14-12/h2-6,16H,7-8H2,1H3. The Labute approximate surface area is 98.3 Å². The van der Waals surface area contributed by atoms with E-state index >= 15 is 0 Å². The number of hydrogen-bond acceptors (Lipinski definition) is 4. The van der Waals surface area contributed by atoms with Gasteiger partial charge in [-0.05, 0) is 18.2 Å². The lowest BCUT2D eigenvalue weighted by Gasteiger charge is -2.19. The fourth-order valence-electron chi connectivity index (χ4n) is 1.65. The highest BCUT2D eigenvalue weighted by Gasteiger charge is 2.11. The van der Waals surface area contributed by atoms with Crippen LogP contribution in [0.3, 0.4) is 0 Å². The van der Waals surface area contributed by atoms with Gasteiger partial charge in [0.05, 0.1) is 25.6 Å². The largest absolute Gasteiger partial charge is 0.467 e. The lowest BCUT2D eigenvalue weighted by atomic mass is 10.2. The van der Waals surface area contributed by atoms with Crippen molar-refractivity contribution in [2.45, 2.75) is 13.2 Å². The Morgan fingerprint density at radius 2 is 2.35 bits per heavy atom. The fourth-order valence-corrected chi connectivity index (χ4v) is 1.65. The molecule has 5 heteroatoms. The zero-order valence-corrected chi connectivity index (χ0v) is 9.43. The van der Waals surface area contributed by atoms with Gasteiger partial charge < -0.3 is 14.4 Å². The molecular weight excluding hydrogens is 223 g/mol. The third-order valence-electron chi connectivity index (χ3n) is 2.41. The molecule has 0 spiro atoms. The van der Waals surface area contributed by atoms with Gasteiger partial charge in [-0.1, -0.05) is 0 Å². The molecule has 0 radical (unpaired) electrons. The van der Waals surface area contributed by atoms with Crippen LogP contribution in [0.4, 0.5) is 10.2 Å². The van der Waals surface area contributed by atoms with Crippen LogP contribution in [0.1, 0.15) is 11.3 Å². The van der Waals surface area contributed by atoms with Crippen LogP contribution in [0.15, 0.2) is 35.1 Å². The normalized spacial score (nSPS) is 10.5. The minimum absolute atomic E-state index is 0.247. The van der Waals surface area contributed by atoms with Crippen molar-refractivity contribution in [3.05, 3.63) is 47.8 Å². The van der Waals surface area contributed by atoms with Crippen LogP contribution in [0.5, 0.6) is 0 Å². The van der Waals surface area contributed by atoms with Gasteiger partial charge in [-0.15, -0.1) is 0 Å². The zero-order chi connectivity index (χ0) is 12.3. The van der Waals surface area contributed by atoms with E-state index in [1.165, 1.54) is 6.07 Å². The SMILES string of the molecule is CN(Cc1ccco1)c1ncc(F)cc1CO. The van der Waals surface area contributed by atoms with E-state index in [0.29, 0.717) is 17.9 Å². The first-order chi connectivity index (χ1) is 8.20. The summed E-state index contributed by atoms with van der Waals surface area (Å²) in [6.45, 7) is 0.265. The van der Waals surface area contributed by atoms with E-state index in [2.05, 4.69) is 4.98 Å². The molecule has 0 amide bonds. The number of halogens is 1. The van der Waals surface area contributed by atoms with E-state index in [0.717, 1.165) is 12.0 Å². The van der Waals surface area contributed by atoms with E-state index in [1.807, 2.05) is 13.1 Å². The number of anilines is 1. The first-order valence-electron chi connectivity index (χ1n) is 5.19. The van der Waals surface area contributed by atoms with Crippen molar-refractivity contribution in [3.8, 4) is 0 Å². The highest BCUT2D eigenvalue weighted by molar-refractivity contribution is 5.45. The first-order valence-corrected chi connectivity index (χ1v) is 5.19. The summed E-state index contributed by atoms with van der Waals surface area (Å²) in [5.74, 6) is 0.872. The zero-order valence-electron chi connectivity index (χ0n) is 9.43. The number of aliphatic hydroxyl groups excluding tert-OH is 1. The average Bonchev–Trinajstić information content (AvgIpc) is 2.81. The summed E-state index contributed by atoms with van der Waals surface area (Å²) < 4.78 is 18.2. The molecule has 17 heavy (non-hydrogen) atoms. The molecule has 0 atom stereocenters. The molecule has 2 aromatic heterocycles. The van der Waals surface area contributed by atoms with Crippen molar-refractivity contribution >= 4 is 5.82 Å². The average molecular weight is 236 g/mol. The number of furan rings is 1. The van der Waals surface area contributed by atoms with Crippen molar-refractivity contribution < 1.29 is 13.9 Å². The van der Waals surface area contributed by atoms with Gasteiger partial charge >= 0.3 is 0 Å². The minimum Gasteiger partial charge on any atom is -0.467 e. The van der Waals surface area contributed by atoms with E-state index in [9.17, 15) is 4.39 Å². The predicted molar refractivity (Wildman–Crippen MR) is 60.9 cm³/mol. The molecule has 0 aliphatic rings. The predicted octanol–water partition coefficient (Wildman–Crippen LogP) is 1.94. The van der Waals surface area contributed by atoms with Crippen LogP contribution < -0.4 is 4.90 Å². The Hall–Kier alpha value is -1.88. The summed E-state index contributed by atoms with van der Waals surface area (Å²) in [5.41, 5.74) is 0.457. The summed E-state index contributed by atoms with van der Waals surface area (Å²) in [4.78, 5) is 5.77. The van der Waals surface area contributed by atoms with Crippen LogP contribution in [0.2, 0.25) is 0 Å². The van der Waals surface area contributed by atoms with Crippen LogP contribution in [0, 0.1) is 5.82 Å². The molecule has 2 heterocycles. The van der Waals surface area contributed by atoms with Crippen molar-refractivity contribution in [1.29, 1.82) is 0 Å². The minimum atomic E-state index is -0.454. The van der Waals surface area contributed by atoms with E-state index in [4.69, 9.17) is 9.52 Å². The van der Waals surface area contributed by atoms with Gasteiger partial charge in [-0.3, -0.25) is 0 Å². The molecule has 0 aliphatic heterocycles. The second kappa shape index (κ2) is 4.97. The molecule has 0 aliphatic carbocycles. The van der Waals surface area contributed by atoms with Gasteiger partial charge in [-0.2, -0.15) is 0 Å². The van der Waals surface area contributed by atoms with Gasteiger partial charge in [0.2, 0.25) is 0 Å². The maximum atomic E-state index is 13.0. The third kappa shape index (κ3) is 2.62. The van der Waals surface area contributed by atoms with Crippen molar-refractivity contribution in [2.24, 2.45) is 0 Å². The van der Waals surface area contributed by atoms with Gasteiger partial charge in [-0.25, -0.2) is 9.37 Å². The molecule has 4 nitrogen and oxygen atoms in total. The summed E-state index contributed by atoms with van der Waals surface area (Å²) in [7, 11) is 1.81. The highest BCUT2D eigenvalue weighted by atomic mass is 19.1. The molecule has 0 saturated heterocycles. The topological polar surface area (TPSA) is 49.5 Å². The van der Waals surface area contributed by atoms with Crippen molar-refractivity contribution in [2.75, 3.05) is 11.9 Å². The summed E-state index contributed by atoms with van der Waals surface area (Å²) in [6.07, 6.45) is 2.72. The number of hydrogen-bond donors (Lipinski definition) is 1. The maximum absolute atomic E-state index is 13.0. The van der Waals surface area contributed by atoms with Crippen molar-refractivity contribution in [3.63, 3.8) is 0 Å². The Morgan fingerprint density at radius 1 is 1.53 bits per heavy atom. The van der Waals surface area contributed by atoms with Gasteiger partial charge in [0.15, 0.2) is 0 Å². The van der Waals surface area contributed by atoms with Crippen LogP contribution in [-0.4, -0.2) is 17.1 Å². The molecule has 0 fully saturated rings. The van der Waals surface area contributed by atoms with E-state index in [1.54, 1.807) is 17.2 Å². The second-order valence-corrected chi connectivity index (χ2v) is 3.73. The Balaban J connectivity index is 2.21. The molecule has 2 aromatic rings. The second-order valence-electron chi connectivity index (χ2n) is 3.73. The lowest BCUT2D eigenvalue weighted by Crippen LogP contribution is -2.19. The monoisotopic (exact) mass is 236 g/mol. The number of rotatable bonds is 4. The van der Waals surface area contributed by atoms with Crippen LogP contribution >= 0.6 is 0 Å². The summed E-state index contributed by atoms with van der Waals surface area (Å²) in [6, 6.07) is 4.92. The lowest BCUT2D eigenvalue weighted by molar-refractivity contribution is 0.281. The van der Waals surface area contributed by atoms with Crippen LogP contribution in [-0.2, 0) is 13.2 Å². The number of pyridine rings is 1. The first kappa shape index (κ1) is 11.6. The summed E-state index contributed by atoms with van der Waals surface area (Å²) >= 11 is 0. The number of nitrogens with zero attached hydrogens (tertiary/aromatic N) is 2. The van der Waals surface area contributed by atoms with E-state index in [-0.39, 0.29) is 6.61 Å². The molecule has 1 N–H and O–H groups in total. The molecule has 2 rings (SSSR count). The van der Waals surface area contributed by atoms with Gasteiger partial charge in [0, 0.05) is 12.6 Å². The number of aromatic nitrogens is 1. The third-order valence-corrected chi connectivity index (χ3v) is 2.41. The maximum Gasteiger partial charge on any atom is 0.142 e. The summed E-state index contributed by atoms with van der Waals surface area (Å²) in [5, 5.41) is 9.16. The molecular formula is C12H13FN2O2. The molecule has 0 aromatic carbocycles. The molecule has 0 bridgehead atoms. The Kier molecular flexibility index (Phi) is 3.39. The smallest absolute Gasteiger partial charge is 0.142 e. The molecule has 90 valence electrons. The Morgan fingerprint density at radius 3 is 3.00 bits per heavy atom. The van der Waals surface area contributed by atoms with Gasteiger partial charge in [0.25, 0.3) is 0 Å². The van der Waals surface area contributed by atoms with Gasteiger partial charge in [0.1, 0.15) is 17.4 Å². The molecule has 0 saturated carbocycles. The van der Waals surface area contributed by atoms with E-state index < -0.39 is 5.82 Å². The van der Waals surface area contributed by atoms with Crippen molar-refractivity contribution in [1.82, 2.24) is 4.98 Å².